The van der Waals surface area contributed by atoms with Gasteiger partial charge < -0.3 is 74.4 Å². The lowest BCUT2D eigenvalue weighted by Gasteiger charge is -2.62. The molecule has 12 fully saturated rings. The number of fused-ring (bicyclic) bond motifs is 14. The number of anilines is 2. The summed E-state index contributed by atoms with van der Waals surface area (Å²) in [6.45, 7) is 20.4. The van der Waals surface area contributed by atoms with Crippen LogP contribution in [0, 0.1) is 108 Å². The van der Waals surface area contributed by atoms with Gasteiger partial charge in [-0.2, -0.15) is 0 Å². The van der Waals surface area contributed by atoms with Crippen LogP contribution < -0.4 is 40.8 Å². The molecule has 10 aliphatic carbocycles. The van der Waals surface area contributed by atoms with Crippen LogP contribution in [0.1, 0.15) is 206 Å². The molecule has 23 nitrogen and oxygen atoms in total. The zero-order chi connectivity index (χ0) is 84.9. The fraction of sp³-hybridized carbons (Fsp3) is 0.648. The summed E-state index contributed by atoms with van der Waals surface area (Å²) in [6, 6.07) is 0.610. The van der Waals surface area contributed by atoms with Gasteiger partial charge >= 0.3 is 11.9 Å². The number of hydrogen-bond acceptors (Lipinski definition) is 20. The topological polar surface area (TPSA) is 326 Å². The van der Waals surface area contributed by atoms with Gasteiger partial charge in [0.25, 0.3) is 0 Å². The molecule has 4 unspecified atom stereocenters. The Balaban J connectivity index is 0.000000147. The van der Waals surface area contributed by atoms with Crippen LogP contribution in [-0.2, 0) is 23.9 Å². The second-order valence-electron chi connectivity index (χ2n) is 38.1. The maximum atomic E-state index is 17.6. The van der Waals surface area contributed by atoms with Crippen LogP contribution in [-0.4, -0.2) is 188 Å². The van der Waals surface area contributed by atoms with Gasteiger partial charge in [0.1, 0.15) is 40.3 Å². The fourth-order valence-electron chi connectivity index (χ4n) is 26.1. The number of ether oxygens (including phenoxy) is 3. The molecule has 2 aromatic heterocycles. The van der Waals surface area contributed by atoms with Crippen molar-refractivity contribution in [3.05, 3.63) is 113 Å². The molecule has 2 aromatic carbocycles. The van der Waals surface area contributed by atoms with E-state index in [9.17, 15) is 69.0 Å². The third kappa shape index (κ3) is 11.8. The van der Waals surface area contributed by atoms with Crippen molar-refractivity contribution in [1.82, 2.24) is 19.8 Å². The number of allylic oxidation sites excluding steroid dienone is 8. The van der Waals surface area contributed by atoms with Crippen molar-refractivity contribution in [3.63, 3.8) is 0 Å². The number of aliphatic hydroxyl groups excluding tert-OH is 3. The van der Waals surface area contributed by atoms with Gasteiger partial charge in [0.05, 0.1) is 54.8 Å². The number of methoxy groups -OCH3 is 2. The molecule has 27 heteroatoms. The highest BCUT2D eigenvalue weighted by molar-refractivity contribution is 6.04. The number of carboxylic acid groups (broad SMARTS) is 1. The summed E-state index contributed by atoms with van der Waals surface area (Å²) in [5.41, 5.74) is -10.0. The molecule has 0 bridgehead atoms. The van der Waals surface area contributed by atoms with Crippen molar-refractivity contribution in [2.45, 2.75) is 237 Å². The lowest BCUT2D eigenvalue weighted by atomic mass is 9.44. The summed E-state index contributed by atoms with van der Waals surface area (Å²) in [5, 5.41) is 73.1. The first kappa shape index (κ1) is 83.7. The number of Topliss-reactive ketones (excluding diaryl/α,β-unsaturated/α-hetero) is 2. The normalized spacial score (nSPS) is 37.3. The smallest absolute Gasteiger partial charge is 0.343 e. The Kier molecular flexibility index (Phi) is 20.9. The molecular formula is C91H114F4N6O17. The summed E-state index contributed by atoms with van der Waals surface area (Å²) >= 11 is 0. The summed E-state index contributed by atoms with van der Waals surface area (Å²) < 4.78 is 88.2. The van der Waals surface area contributed by atoms with Crippen LogP contribution in [0.15, 0.2) is 57.2 Å². The summed E-state index contributed by atoms with van der Waals surface area (Å²) in [5.74, 6) is -6.47. The number of piperidine rings is 2. The number of nitrogens with zero attached hydrogens (tertiary/aromatic N) is 4. The molecule has 0 spiro atoms. The van der Waals surface area contributed by atoms with Crippen molar-refractivity contribution in [3.8, 4) is 11.5 Å². The maximum absolute atomic E-state index is 17.6. The molecular weight excluding hydrogens is 1530 g/mol. The molecule has 8 saturated carbocycles. The predicted octanol–water partition coefficient (Wildman–Crippen LogP) is 10.6. The number of nitrogens with one attached hydrogen (secondary N) is 2. The number of pyridine rings is 2. The van der Waals surface area contributed by atoms with Crippen LogP contribution in [0.5, 0.6) is 11.5 Å². The van der Waals surface area contributed by atoms with E-state index in [0.29, 0.717) is 127 Å². The van der Waals surface area contributed by atoms with Gasteiger partial charge in [-0.3, -0.25) is 28.8 Å². The molecule has 638 valence electrons. The number of benzene rings is 2. The van der Waals surface area contributed by atoms with Crippen LogP contribution in [0.25, 0.3) is 21.8 Å². The van der Waals surface area contributed by atoms with E-state index in [1.54, 1.807) is 81.4 Å². The van der Waals surface area contributed by atoms with E-state index in [-0.39, 0.29) is 93.6 Å². The molecule has 18 rings (SSSR count). The molecule has 4 saturated heterocycles. The SMILES string of the molecule is COc1c(N2CC3CCCNC3C2)c(F)c(C)c2c(=O)c(C(=O)O)c(C)n(C3CC3)c12.COc1c(N2CC3CCCNC3C2)c(F)c(C)c2c(=O)c(C(=O)OCCC(=O)[C@@]3(O)[C@@H](C)C[C@H]4[C@@H]5CCC6=CC(=O)C=C[C@]6(C)[C@@]5(F)[C@@H](O)C[C@@]43C)c(C)n(C3CC3)c12.C[C@H]1C[C@H]2[C@@H]3CCC4=CC(=O)C=C[C@]4(C)[C@@]3(F)[C@@H](O)C[C@]2(C)[C@@]1(O)C(=O)CO. The number of aromatic nitrogens is 2. The van der Waals surface area contributed by atoms with Gasteiger partial charge in [0.2, 0.25) is 10.9 Å². The zero-order valence-corrected chi connectivity index (χ0v) is 69.7. The number of carbonyl (C=O) groups is 6. The number of alkyl halides is 2. The van der Waals surface area contributed by atoms with E-state index in [0.717, 1.165) is 71.0 Å². The van der Waals surface area contributed by atoms with Gasteiger partial charge in [-0.25, -0.2) is 27.2 Å². The summed E-state index contributed by atoms with van der Waals surface area (Å²) in [7, 11) is 2.98. The lowest BCUT2D eigenvalue weighted by molar-refractivity contribution is -0.219. The third-order valence-electron chi connectivity index (χ3n) is 32.5. The average molecular weight is 1640 g/mol. The molecule has 0 amide bonds. The molecule has 6 heterocycles. The quantitative estimate of drug-likeness (QED) is 0.0429. The van der Waals surface area contributed by atoms with Gasteiger partial charge in [-0.15, -0.1) is 0 Å². The highest BCUT2D eigenvalue weighted by Gasteiger charge is 2.78. The van der Waals surface area contributed by atoms with Crippen molar-refractivity contribution in [2.75, 3.05) is 76.5 Å². The predicted molar refractivity (Wildman–Crippen MR) is 433 cm³/mol. The largest absolute Gasteiger partial charge is 0.492 e. The number of carboxylic acids is 1. The maximum Gasteiger partial charge on any atom is 0.343 e. The molecule has 14 aliphatic rings. The average Bonchev–Trinajstić information content (AvgIpc) is 1.48. The summed E-state index contributed by atoms with van der Waals surface area (Å²) in [4.78, 5) is 108. The highest BCUT2D eigenvalue weighted by Crippen LogP contribution is 2.73. The fourth-order valence-corrected chi connectivity index (χ4v) is 26.1. The van der Waals surface area contributed by atoms with Crippen molar-refractivity contribution >= 4 is 68.3 Å². The molecule has 4 aliphatic heterocycles. The number of aryl methyl sites for hydroxylation is 2. The van der Waals surface area contributed by atoms with Gasteiger partial charge in [-0.1, -0.05) is 51.0 Å². The minimum Gasteiger partial charge on any atom is -0.492 e. The highest BCUT2D eigenvalue weighted by atomic mass is 19.2. The number of aliphatic hydroxyl groups is 5. The number of esters is 1. The van der Waals surface area contributed by atoms with Gasteiger partial charge in [-0.05, 0) is 217 Å². The van der Waals surface area contributed by atoms with Crippen molar-refractivity contribution in [2.24, 2.45) is 69.0 Å². The minimum atomic E-state index is -2.11. The molecule has 20 atom stereocenters. The van der Waals surface area contributed by atoms with E-state index in [1.165, 1.54) is 38.5 Å². The summed E-state index contributed by atoms with van der Waals surface area (Å²) in [6.07, 6.45) is 15.7. The van der Waals surface area contributed by atoms with Crippen LogP contribution in [0.4, 0.5) is 28.9 Å². The first-order valence-corrected chi connectivity index (χ1v) is 42.8. The van der Waals surface area contributed by atoms with E-state index >= 15 is 17.6 Å². The Hall–Kier alpha value is -7.92. The third-order valence-corrected chi connectivity index (χ3v) is 32.5. The van der Waals surface area contributed by atoms with E-state index < -0.39 is 145 Å². The molecule has 118 heavy (non-hydrogen) atoms. The molecule has 8 N–H and O–H groups in total. The van der Waals surface area contributed by atoms with Gasteiger partial charge in [0.15, 0.2) is 57.6 Å². The number of carbonyl (C=O) groups excluding carboxylic acids is 5. The second-order valence-corrected chi connectivity index (χ2v) is 38.1. The number of rotatable bonds is 14. The molecule has 4 aromatic rings. The number of ketones is 4. The van der Waals surface area contributed by atoms with Crippen LogP contribution in [0.2, 0.25) is 0 Å². The Labute approximate surface area is 683 Å². The Bertz CT molecular complexity index is 5170. The number of aromatic carboxylic acids is 1. The van der Waals surface area contributed by atoms with E-state index in [1.807, 2.05) is 18.9 Å². The molecule has 0 radical (unpaired) electrons. The van der Waals surface area contributed by atoms with Crippen molar-refractivity contribution < 1.29 is 91.2 Å². The van der Waals surface area contributed by atoms with Crippen molar-refractivity contribution in [1.29, 1.82) is 0 Å². The van der Waals surface area contributed by atoms with E-state index in [2.05, 4.69) is 10.6 Å². The van der Waals surface area contributed by atoms with Gasteiger partial charge in [0, 0.05) is 113 Å². The standard InChI is InChI=1S/C46H57F2N3O8.C23H28FN3O4.C22H29FO5/c1-23-18-31-30-12-9-27-19-29(52)13-15-43(27,4)45(30,48)34(54)20-44(31,5)46(23,57)33(53)14-17-59-42(56)36-25(3)51(28-10-11-28)38-35(40(36)55)24(2)37(47)39(41(38)58-6)50-21-26-8-7-16-49-32(26)22-50;1-11-16-19(27(14-6-7-14)12(2)17(21(16)28)23(29)30)22(31-3)20(18(11)24)26-9-13-5-4-8-25-15(13)10-26;1-12-8-16-15-5-4-13-9-14(25)6-7-19(13,2)21(15,23)17(26)10-20(16,3)22(12,28)18(27)11-24/h13,15,19,23,26,28,30-32,34,49,54,57H,7-12,14,16-18,20-22H2,1-6H3;13-15,25H,4-10H2,1-3H3,(H,29,30);6-7,9,12,15-17,24,26,28H,4-5,8,10-11H2,1-3H3/t23-,26?,30-,31-,32?,34-,43-,44-,45-,46-;;12-,15-,16-,17-,19-,20-,21-,22-/m0.0/s1. The first-order valence-electron chi connectivity index (χ1n) is 42.8. The Morgan fingerprint density at radius 3 is 1.37 bits per heavy atom. The first-order chi connectivity index (χ1) is 55.7. The Morgan fingerprint density at radius 2 is 0.983 bits per heavy atom. The zero-order valence-electron chi connectivity index (χ0n) is 69.7. The minimum absolute atomic E-state index is 0.0349. The van der Waals surface area contributed by atoms with E-state index in [4.69, 9.17) is 14.2 Å². The second kappa shape index (κ2) is 29.4. The monoisotopic (exact) mass is 1640 g/mol. The Morgan fingerprint density at radius 1 is 0.576 bits per heavy atom. The van der Waals surface area contributed by atoms with Crippen LogP contribution >= 0.6 is 0 Å². The van der Waals surface area contributed by atoms with Crippen LogP contribution in [0.3, 0.4) is 0 Å². The lowest BCUT2D eigenvalue weighted by Crippen LogP contribution is -2.69. The number of hydrogen-bond donors (Lipinski definition) is 8. The number of halogens is 4.